The first kappa shape index (κ1) is 18.2. The van der Waals surface area contributed by atoms with Crippen molar-refractivity contribution in [3.8, 4) is 11.6 Å². The standard InChI is InChI=1S/C14H14Br4N4/c1-3-5-7-21-11(17)9(15)19-13(21)14-20-10(16)12(18)22(14)8-6-4-2/h3-4H,1-2,5-8H2. The number of hydrogen-bond acceptors (Lipinski definition) is 2. The van der Waals surface area contributed by atoms with Crippen LogP contribution in [0.1, 0.15) is 12.8 Å². The minimum Gasteiger partial charge on any atom is -0.315 e. The topological polar surface area (TPSA) is 35.6 Å². The molecule has 0 saturated carbocycles. The van der Waals surface area contributed by atoms with Gasteiger partial charge in [-0.2, -0.15) is 0 Å². The van der Waals surface area contributed by atoms with Crippen LogP contribution in [0, 0.1) is 0 Å². The van der Waals surface area contributed by atoms with Crippen LogP contribution in [0.5, 0.6) is 0 Å². The summed E-state index contributed by atoms with van der Waals surface area (Å²) in [6.45, 7) is 9.13. The highest BCUT2D eigenvalue weighted by Gasteiger charge is 2.22. The van der Waals surface area contributed by atoms with Gasteiger partial charge in [0, 0.05) is 13.1 Å². The molecule has 0 amide bonds. The monoisotopic (exact) mass is 554 g/mol. The van der Waals surface area contributed by atoms with E-state index >= 15 is 0 Å². The molecule has 0 unspecified atom stereocenters. The first-order valence-corrected chi connectivity index (χ1v) is 9.73. The van der Waals surface area contributed by atoms with Gasteiger partial charge in [-0.1, -0.05) is 12.2 Å². The van der Waals surface area contributed by atoms with Crippen molar-refractivity contribution in [3.05, 3.63) is 43.7 Å². The molecule has 0 saturated heterocycles. The molecule has 0 atom stereocenters. The first-order valence-electron chi connectivity index (χ1n) is 6.56. The summed E-state index contributed by atoms with van der Waals surface area (Å²) in [7, 11) is 0. The van der Waals surface area contributed by atoms with Crippen LogP contribution in [-0.2, 0) is 13.1 Å². The van der Waals surface area contributed by atoms with E-state index in [1.54, 1.807) is 0 Å². The van der Waals surface area contributed by atoms with Gasteiger partial charge >= 0.3 is 0 Å². The molecule has 0 aromatic carbocycles. The van der Waals surface area contributed by atoms with Gasteiger partial charge in [0.05, 0.1) is 0 Å². The minimum atomic E-state index is 0.761. The SMILES string of the molecule is C=CCCn1c(-c2nc(Br)c(Br)n2CCC=C)nc(Br)c1Br. The van der Waals surface area contributed by atoms with Gasteiger partial charge in [0.2, 0.25) is 0 Å². The van der Waals surface area contributed by atoms with E-state index in [9.17, 15) is 0 Å². The second-order valence-corrected chi connectivity index (χ2v) is 7.50. The third kappa shape index (κ3) is 3.66. The lowest BCUT2D eigenvalue weighted by molar-refractivity contribution is 0.669. The van der Waals surface area contributed by atoms with Crippen LogP contribution in [-0.4, -0.2) is 19.1 Å². The second-order valence-electron chi connectivity index (χ2n) is 4.49. The predicted octanol–water partition coefficient (Wildman–Crippen LogP) is 5.95. The van der Waals surface area contributed by atoms with Gasteiger partial charge in [-0.15, -0.1) is 13.2 Å². The molecule has 2 aromatic rings. The van der Waals surface area contributed by atoms with Gasteiger partial charge in [-0.3, -0.25) is 0 Å². The molecule has 2 rings (SSSR count). The van der Waals surface area contributed by atoms with Crippen LogP contribution in [0.4, 0.5) is 0 Å². The second kappa shape index (κ2) is 8.08. The summed E-state index contributed by atoms with van der Waals surface area (Å²) >= 11 is 14.1. The molecule has 0 aliphatic heterocycles. The van der Waals surface area contributed by atoms with E-state index < -0.39 is 0 Å². The number of halogens is 4. The van der Waals surface area contributed by atoms with Crippen molar-refractivity contribution in [2.24, 2.45) is 0 Å². The van der Waals surface area contributed by atoms with Crippen molar-refractivity contribution in [3.63, 3.8) is 0 Å². The van der Waals surface area contributed by atoms with Gasteiger partial charge in [-0.05, 0) is 76.6 Å². The molecule has 0 aliphatic carbocycles. The van der Waals surface area contributed by atoms with Crippen molar-refractivity contribution in [2.75, 3.05) is 0 Å². The molecule has 0 N–H and O–H groups in total. The van der Waals surface area contributed by atoms with E-state index in [-0.39, 0.29) is 0 Å². The average Bonchev–Trinajstić information content (AvgIpc) is 2.94. The molecule has 118 valence electrons. The Kier molecular flexibility index (Phi) is 6.67. The first-order chi connectivity index (χ1) is 10.5. The van der Waals surface area contributed by atoms with Gasteiger partial charge < -0.3 is 9.13 Å². The lowest BCUT2D eigenvalue weighted by Gasteiger charge is -2.10. The Morgan fingerprint density at radius 2 is 1.14 bits per heavy atom. The molecule has 22 heavy (non-hydrogen) atoms. The van der Waals surface area contributed by atoms with E-state index in [4.69, 9.17) is 0 Å². The highest BCUT2D eigenvalue weighted by molar-refractivity contribution is 9.13. The maximum Gasteiger partial charge on any atom is 0.178 e. The van der Waals surface area contributed by atoms with Crippen molar-refractivity contribution < 1.29 is 0 Å². The highest BCUT2D eigenvalue weighted by atomic mass is 79.9. The largest absolute Gasteiger partial charge is 0.315 e. The van der Waals surface area contributed by atoms with Crippen LogP contribution in [0.3, 0.4) is 0 Å². The predicted molar refractivity (Wildman–Crippen MR) is 104 cm³/mol. The number of aromatic nitrogens is 4. The van der Waals surface area contributed by atoms with Crippen molar-refractivity contribution in [2.45, 2.75) is 25.9 Å². The molecular formula is C14H14Br4N4. The molecule has 8 heteroatoms. The zero-order valence-electron chi connectivity index (χ0n) is 11.7. The number of hydrogen-bond donors (Lipinski definition) is 0. The molecule has 0 bridgehead atoms. The van der Waals surface area contributed by atoms with Gasteiger partial charge in [0.25, 0.3) is 0 Å². The van der Waals surface area contributed by atoms with Crippen LogP contribution >= 0.6 is 63.7 Å². The molecule has 0 aliphatic rings. The fourth-order valence-electron chi connectivity index (χ4n) is 2.00. The van der Waals surface area contributed by atoms with Crippen LogP contribution in [0.25, 0.3) is 11.6 Å². The van der Waals surface area contributed by atoms with Crippen molar-refractivity contribution >= 4 is 63.7 Å². The van der Waals surface area contributed by atoms with E-state index in [1.807, 2.05) is 12.2 Å². The fourth-order valence-corrected chi connectivity index (χ4v) is 3.63. The lowest BCUT2D eigenvalue weighted by atomic mass is 10.4. The number of nitrogens with zero attached hydrogens (tertiary/aromatic N) is 4. The van der Waals surface area contributed by atoms with E-state index in [0.29, 0.717) is 0 Å². The highest BCUT2D eigenvalue weighted by Crippen LogP contribution is 2.34. The summed E-state index contributed by atoms with van der Waals surface area (Å²) in [4.78, 5) is 9.21. The van der Waals surface area contributed by atoms with Crippen LogP contribution < -0.4 is 0 Å². The zero-order chi connectivity index (χ0) is 16.3. The summed E-state index contributed by atoms with van der Waals surface area (Å²) in [5.74, 6) is 1.60. The maximum atomic E-state index is 4.60. The fraction of sp³-hybridized carbons (Fsp3) is 0.286. The Labute approximate surface area is 163 Å². The zero-order valence-corrected chi connectivity index (χ0v) is 18.0. The Bertz CT molecular complexity index is 642. The minimum absolute atomic E-state index is 0.761. The Morgan fingerprint density at radius 1 is 0.773 bits per heavy atom. The molecule has 2 heterocycles. The number of rotatable bonds is 7. The average molecular weight is 558 g/mol. The van der Waals surface area contributed by atoms with Crippen LogP contribution in [0.2, 0.25) is 0 Å². The molecule has 0 fully saturated rings. The van der Waals surface area contributed by atoms with E-state index in [1.165, 1.54) is 0 Å². The summed E-state index contributed by atoms with van der Waals surface area (Å²) in [6.07, 6.45) is 5.48. The van der Waals surface area contributed by atoms with Gasteiger partial charge in [0.15, 0.2) is 11.6 Å². The van der Waals surface area contributed by atoms with E-state index in [0.717, 1.165) is 56.0 Å². The Balaban J connectivity index is 2.56. The van der Waals surface area contributed by atoms with Gasteiger partial charge in [0.1, 0.15) is 18.4 Å². The Hall–Kier alpha value is -0.180. The summed E-state index contributed by atoms with van der Waals surface area (Å²) < 4.78 is 7.48. The molecule has 0 radical (unpaired) electrons. The third-order valence-corrected chi connectivity index (χ3v) is 6.82. The van der Waals surface area contributed by atoms with Crippen molar-refractivity contribution in [1.29, 1.82) is 0 Å². The summed E-state index contributed by atoms with van der Waals surface area (Å²) in [5.41, 5.74) is 0. The quantitative estimate of drug-likeness (QED) is 0.395. The molecule has 0 spiro atoms. The lowest BCUT2D eigenvalue weighted by Crippen LogP contribution is -2.07. The summed E-state index contributed by atoms with van der Waals surface area (Å²) in [5, 5.41) is 0. The van der Waals surface area contributed by atoms with E-state index in [2.05, 4.69) is 96.0 Å². The molecule has 4 nitrogen and oxygen atoms in total. The third-order valence-electron chi connectivity index (χ3n) is 3.05. The summed E-state index contributed by atoms with van der Waals surface area (Å²) in [6, 6.07) is 0. The molecule has 2 aromatic heterocycles. The van der Waals surface area contributed by atoms with Crippen LogP contribution in [0.15, 0.2) is 43.7 Å². The Morgan fingerprint density at radius 3 is 1.45 bits per heavy atom. The number of allylic oxidation sites excluding steroid dienone is 2. The van der Waals surface area contributed by atoms with Gasteiger partial charge in [-0.25, -0.2) is 9.97 Å². The normalized spacial score (nSPS) is 10.9. The van der Waals surface area contributed by atoms with Crippen molar-refractivity contribution in [1.82, 2.24) is 19.1 Å². The maximum absolute atomic E-state index is 4.60. The molecular weight excluding hydrogens is 544 g/mol. The smallest absolute Gasteiger partial charge is 0.178 e. The number of imidazole rings is 2.